The molecular formula is C25H23ClN4O3S. The highest BCUT2D eigenvalue weighted by Gasteiger charge is 2.32. The first-order valence-electron chi connectivity index (χ1n) is 11.0. The average molecular weight is 495 g/mol. The summed E-state index contributed by atoms with van der Waals surface area (Å²) in [6.45, 7) is 0.572. The fourth-order valence-electron chi connectivity index (χ4n) is 4.23. The van der Waals surface area contributed by atoms with Crippen molar-refractivity contribution in [2.45, 2.75) is 17.7 Å². The van der Waals surface area contributed by atoms with Gasteiger partial charge in [-0.25, -0.2) is 13.4 Å². The molecule has 7 nitrogen and oxygen atoms in total. The normalized spacial score (nSPS) is 15.4. The number of fused-ring (bicyclic) bond motifs is 1. The number of aromatic nitrogens is 2. The second-order valence-electron chi connectivity index (χ2n) is 8.27. The van der Waals surface area contributed by atoms with Crippen LogP contribution in [0.15, 0.2) is 77.7 Å². The van der Waals surface area contributed by atoms with Crippen molar-refractivity contribution in [1.29, 1.82) is 0 Å². The Morgan fingerprint density at radius 1 is 0.971 bits per heavy atom. The third-order valence-electron chi connectivity index (χ3n) is 6.11. The molecule has 1 aliphatic heterocycles. The zero-order valence-corrected chi connectivity index (χ0v) is 19.8. The number of sulfonamides is 1. The molecule has 0 radical (unpaired) electrons. The molecule has 0 spiro atoms. The quantitative estimate of drug-likeness (QED) is 0.411. The van der Waals surface area contributed by atoms with Gasteiger partial charge in [0.2, 0.25) is 15.9 Å². The molecule has 34 heavy (non-hydrogen) atoms. The molecule has 1 aromatic heterocycles. The van der Waals surface area contributed by atoms with Crippen molar-refractivity contribution in [3.05, 3.63) is 77.8 Å². The summed E-state index contributed by atoms with van der Waals surface area (Å²) in [4.78, 5) is 21.2. The Morgan fingerprint density at radius 3 is 2.38 bits per heavy atom. The van der Waals surface area contributed by atoms with E-state index in [1.165, 1.54) is 16.4 Å². The van der Waals surface area contributed by atoms with Crippen molar-refractivity contribution in [2.24, 2.45) is 5.92 Å². The number of imidazole rings is 1. The van der Waals surface area contributed by atoms with Gasteiger partial charge in [0.05, 0.1) is 21.6 Å². The number of hydrogen-bond donors (Lipinski definition) is 2. The van der Waals surface area contributed by atoms with Crippen molar-refractivity contribution >= 4 is 44.3 Å². The Morgan fingerprint density at radius 2 is 1.65 bits per heavy atom. The molecule has 4 aromatic rings. The Hall–Kier alpha value is -3.20. The van der Waals surface area contributed by atoms with Gasteiger partial charge in [0, 0.05) is 29.6 Å². The lowest BCUT2D eigenvalue weighted by Gasteiger charge is -2.30. The Balaban J connectivity index is 1.28. The van der Waals surface area contributed by atoms with Crippen molar-refractivity contribution in [2.75, 3.05) is 18.4 Å². The molecule has 2 N–H and O–H groups in total. The summed E-state index contributed by atoms with van der Waals surface area (Å²) in [5, 5.41) is 3.52. The van der Waals surface area contributed by atoms with Crippen LogP contribution >= 0.6 is 11.6 Å². The van der Waals surface area contributed by atoms with E-state index in [1.807, 2.05) is 48.5 Å². The topological polar surface area (TPSA) is 95.2 Å². The van der Waals surface area contributed by atoms with Crippen LogP contribution in [0.3, 0.4) is 0 Å². The number of carbonyl (C=O) groups is 1. The number of anilines is 1. The van der Waals surface area contributed by atoms with Gasteiger partial charge in [-0.15, -0.1) is 0 Å². The van der Waals surface area contributed by atoms with Crippen LogP contribution in [0.1, 0.15) is 12.8 Å². The standard InChI is InChI=1S/C25H23ClN4O3S/c26-18-9-11-19(12-10-18)34(32,33)30-15-13-17(14-16-30)25(31)29-21-6-2-1-5-20(21)24-27-22-7-3-4-8-23(22)28-24/h1-12,17H,13-16H2,(H,27,28)(H,29,31). The van der Waals surface area contributed by atoms with Gasteiger partial charge in [-0.3, -0.25) is 4.79 Å². The molecule has 0 aliphatic carbocycles. The summed E-state index contributed by atoms with van der Waals surface area (Å²) in [5.74, 6) is 0.286. The van der Waals surface area contributed by atoms with E-state index >= 15 is 0 Å². The minimum absolute atomic E-state index is 0.118. The number of amides is 1. The molecule has 0 bridgehead atoms. The first-order valence-corrected chi connectivity index (χ1v) is 12.8. The lowest BCUT2D eigenvalue weighted by atomic mass is 9.97. The number of halogens is 1. The van der Waals surface area contributed by atoms with Crippen LogP contribution in [-0.2, 0) is 14.8 Å². The SMILES string of the molecule is O=C(Nc1ccccc1-c1nc2ccccc2[nH]1)C1CCN(S(=O)(=O)c2ccc(Cl)cc2)CC1. The molecule has 1 saturated heterocycles. The van der Waals surface area contributed by atoms with Gasteiger partial charge in [0.1, 0.15) is 5.82 Å². The number of para-hydroxylation sites is 3. The summed E-state index contributed by atoms with van der Waals surface area (Å²) in [5.41, 5.74) is 3.25. The minimum Gasteiger partial charge on any atom is -0.338 e. The van der Waals surface area contributed by atoms with Gasteiger partial charge >= 0.3 is 0 Å². The molecule has 1 amide bonds. The number of aromatic amines is 1. The fourth-order valence-corrected chi connectivity index (χ4v) is 5.82. The molecule has 9 heteroatoms. The first kappa shape index (κ1) is 22.6. The minimum atomic E-state index is -3.61. The van der Waals surface area contributed by atoms with Crippen molar-refractivity contribution < 1.29 is 13.2 Å². The maximum atomic E-state index is 13.1. The largest absolute Gasteiger partial charge is 0.338 e. The molecule has 0 unspecified atom stereocenters. The lowest BCUT2D eigenvalue weighted by molar-refractivity contribution is -0.120. The second kappa shape index (κ2) is 9.21. The number of nitrogens with one attached hydrogen (secondary N) is 2. The number of benzene rings is 3. The number of hydrogen-bond acceptors (Lipinski definition) is 4. The Kier molecular flexibility index (Phi) is 6.12. The summed E-state index contributed by atoms with van der Waals surface area (Å²) in [6.07, 6.45) is 0.900. The number of carbonyl (C=O) groups excluding carboxylic acids is 1. The summed E-state index contributed by atoms with van der Waals surface area (Å²) in [7, 11) is -3.61. The first-order chi connectivity index (χ1) is 16.4. The van der Waals surface area contributed by atoms with E-state index in [2.05, 4.69) is 15.3 Å². The predicted molar refractivity (Wildman–Crippen MR) is 133 cm³/mol. The smallest absolute Gasteiger partial charge is 0.243 e. The van der Waals surface area contributed by atoms with Gasteiger partial charge in [0.15, 0.2) is 0 Å². The zero-order chi connectivity index (χ0) is 23.7. The lowest BCUT2D eigenvalue weighted by Crippen LogP contribution is -2.41. The van der Waals surface area contributed by atoms with E-state index in [0.717, 1.165) is 16.6 Å². The third-order valence-corrected chi connectivity index (χ3v) is 8.27. The number of piperidine rings is 1. The van der Waals surface area contributed by atoms with Crippen molar-refractivity contribution in [3.63, 3.8) is 0 Å². The monoisotopic (exact) mass is 494 g/mol. The molecule has 1 aliphatic rings. The highest BCUT2D eigenvalue weighted by atomic mass is 35.5. The van der Waals surface area contributed by atoms with Gasteiger partial charge < -0.3 is 10.3 Å². The van der Waals surface area contributed by atoms with E-state index in [-0.39, 0.29) is 29.8 Å². The predicted octanol–water partition coefficient (Wildman–Crippen LogP) is 4.92. The van der Waals surface area contributed by atoms with Crippen LogP contribution in [0.4, 0.5) is 5.69 Å². The molecular weight excluding hydrogens is 472 g/mol. The molecule has 2 heterocycles. The van der Waals surface area contributed by atoms with Crippen LogP contribution < -0.4 is 5.32 Å². The van der Waals surface area contributed by atoms with E-state index < -0.39 is 10.0 Å². The summed E-state index contributed by atoms with van der Waals surface area (Å²) in [6, 6.07) is 21.4. The summed E-state index contributed by atoms with van der Waals surface area (Å²) >= 11 is 5.88. The molecule has 5 rings (SSSR count). The van der Waals surface area contributed by atoms with E-state index in [1.54, 1.807) is 12.1 Å². The zero-order valence-electron chi connectivity index (χ0n) is 18.2. The van der Waals surface area contributed by atoms with E-state index in [9.17, 15) is 13.2 Å². The van der Waals surface area contributed by atoms with E-state index in [0.29, 0.717) is 29.4 Å². The molecule has 0 saturated carbocycles. The molecule has 0 atom stereocenters. The number of H-pyrrole nitrogens is 1. The van der Waals surface area contributed by atoms with Crippen molar-refractivity contribution in [1.82, 2.24) is 14.3 Å². The van der Waals surface area contributed by atoms with Gasteiger partial charge in [-0.1, -0.05) is 35.9 Å². The Labute approximate surface area is 202 Å². The van der Waals surface area contributed by atoms with Gasteiger partial charge in [-0.2, -0.15) is 4.31 Å². The summed E-state index contributed by atoms with van der Waals surface area (Å²) < 4.78 is 27.3. The van der Waals surface area contributed by atoms with Crippen LogP contribution in [0.25, 0.3) is 22.4 Å². The van der Waals surface area contributed by atoms with E-state index in [4.69, 9.17) is 11.6 Å². The average Bonchev–Trinajstić information content (AvgIpc) is 3.29. The van der Waals surface area contributed by atoms with Gasteiger partial charge in [-0.05, 0) is 61.4 Å². The third kappa shape index (κ3) is 4.44. The maximum Gasteiger partial charge on any atom is 0.243 e. The highest BCUT2D eigenvalue weighted by Crippen LogP contribution is 2.30. The number of nitrogens with zero attached hydrogens (tertiary/aromatic N) is 2. The molecule has 3 aromatic carbocycles. The van der Waals surface area contributed by atoms with Gasteiger partial charge in [0.25, 0.3) is 0 Å². The molecule has 174 valence electrons. The highest BCUT2D eigenvalue weighted by molar-refractivity contribution is 7.89. The van der Waals surface area contributed by atoms with Crippen LogP contribution in [0, 0.1) is 5.92 Å². The van der Waals surface area contributed by atoms with Crippen LogP contribution in [0.2, 0.25) is 5.02 Å². The Bertz CT molecular complexity index is 1410. The second-order valence-corrected chi connectivity index (χ2v) is 10.6. The van der Waals surface area contributed by atoms with Crippen LogP contribution in [0.5, 0.6) is 0 Å². The molecule has 1 fully saturated rings. The van der Waals surface area contributed by atoms with Crippen LogP contribution in [-0.4, -0.2) is 41.7 Å². The van der Waals surface area contributed by atoms with Crippen molar-refractivity contribution in [3.8, 4) is 11.4 Å². The number of rotatable bonds is 5. The fraction of sp³-hybridized carbons (Fsp3) is 0.200. The maximum absolute atomic E-state index is 13.1.